The number of anilines is 1. The number of β-lactam (4-membered cyclic amide) rings is 1. The van der Waals surface area contributed by atoms with E-state index in [0.29, 0.717) is 22.9 Å². The predicted molar refractivity (Wildman–Crippen MR) is 89.9 cm³/mol. The van der Waals surface area contributed by atoms with Crippen molar-refractivity contribution in [2.45, 2.75) is 26.0 Å². The summed E-state index contributed by atoms with van der Waals surface area (Å²) in [7, 11) is 0. The fourth-order valence-electron chi connectivity index (χ4n) is 2.33. The predicted octanol–water partition coefficient (Wildman–Crippen LogP) is 2.45. The molecule has 0 bridgehead atoms. The molecule has 0 spiro atoms. The summed E-state index contributed by atoms with van der Waals surface area (Å²) >= 11 is 6.08. The molecule has 2 amide bonds. The van der Waals surface area contributed by atoms with Gasteiger partial charge in [0.05, 0.1) is 24.7 Å². The molecule has 6 nitrogen and oxygen atoms in total. The molecular weight excluding hydrogens is 330 g/mol. The Morgan fingerprint density at radius 1 is 1.46 bits per heavy atom. The first kappa shape index (κ1) is 16.3. The Kier molecular flexibility index (Phi) is 4.66. The zero-order valence-corrected chi connectivity index (χ0v) is 13.8. The van der Waals surface area contributed by atoms with E-state index in [2.05, 4.69) is 15.6 Å². The van der Waals surface area contributed by atoms with Crippen molar-refractivity contribution in [3.05, 3.63) is 52.8 Å². The highest BCUT2D eigenvalue weighted by Crippen LogP contribution is 2.24. The lowest BCUT2D eigenvalue weighted by Gasteiger charge is -2.27. The van der Waals surface area contributed by atoms with Gasteiger partial charge in [0.25, 0.3) is 0 Å². The van der Waals surface area contributed by atoms with Crippen LogP contribution < -0.4 is 15.4 Å². The fourth-order valence-corrected chi connectivity index (χ4v) is 2.58. The molecule has 1 unspecified atom stereocenters. The van der Waals surface area contributed by atoms with Gasteiger partial charge in [0, 0.05) is 11.2 Å². The molecular formula is C17H16ClN3O3. The van der Waals surface area contributed by atoms with Gasteiger partial charge in [0.2, 0.25) is 11.8 Å². The van der Waals surface area contributed by atoms with Crippen molar-refractivity contribution in [2.24, 2.45) is 0 Å². The number of carbonyl (C=O) groups excluding carboxylic acids is 2. The second-order valence-corrected chi connectivity index (χ2v) is 6.03. The second kappa shape index (κ2) is 6.88. The third-order valence-electron chi connectivity index (χ3n) is 3.58. The Morgan fingerprint density at radius 2 is 2.25 bits per heavy atom. The van der Waals surface area contributed by atoms with Gasteiger partial charge in [-0.05, 0) is 42.3 Å². The van der Waals surface area contributed by atoms with Gasteiger partial charge >= 0.3 is 0 Å². The topological polar surface area (TPSA) is 80.3 Å². The lowest BCUT2D eigenvalue weighted by Crippen LogP contribution is -2.51. The molecule has 2 N–H and O–H groups in total. The van der Waals surface area contributed by atoms with Crippen molar-refractivity contribution >= 4 is 29.1 Å². The van der Waals surface area contributed by atoms with Crippen LogP contribution in [-0.2, 0) is 16.0 Å². The van der Waals surface area contributed by atoms with Gasteiger partial charge in [-0.15, -0.1) is 0 Å². The number of nitrogens with zero attached hydrogens (tertiary/aromatic N) is 1. The number of carbonyl (C=O) groups is 2. The van der Waals surface area contributed by atoms with E-state index in [9.17, 15) is 9.59 Å². The third-order valence-corrected chi connectivity index (χ3v) is 3.80. The van der Waals surface area contributed by atoms with E-state index >= 15 is 0 Å². The lowest BCUT2D eigenvalue weighted by molar-refractivity contribution is -0.134. The number of pyridine rings is 1. The highest BCUT2D eigenvalue weighted by Gasteiger charge is 2.27. The Morgan fingerprint density at radius 3 is 2.96 bits per heavy atom. The molecule has 1 fully saturated rings. The number of aryl methyl sites for hydroxylation is 1. The minimum Gasteiger partial charge on any atom is -0.470 e. The average molecular weight is 346 g/mol. The van der Waals surface area contributed by atoms with E-state index in [1.807, 2.05) is 13.0 Å². The summed E-state index contributed by atoms with van der Waals surface area (Å²) < 4.78 is 5.60. The van der Waals surface area contributed by atoms with Crippen LogP contribution in [0.5, 0.6) is 5.75 Å². The summed E-state index contributed by atoms with van der Waals surface area (Å²) in [5, 5.41) is 5.91. The normalized spacial score (nSPS) is 16.1. The zero-order chi connectivity index (χ0) is 17.1. The van der Waals surface area contributed by atoms with Crippen molar-refractivity contribution in [3.8, 4) is 5.75 Å². The second-order valence-electron chi connectivity index (χ2n) is 5.59. The Labute approximate surface area is 144 Å². The lowest BCUT2D eigenvalue weighted by atomic mass is 10.1. The molecule has 0 radical (unpaired) electrons. The number of nitrogens with one attached hydrogen (secondary N) is 2. The molecule has 0 saturated carbocycles. The molecule has 2 aromatic rings. The Bertz CT molecular complexity index is 786. The third kappa shape index (κ3) is 4.02. The van der Waals surface area contributed by atoms with Crippen LogP contribution >= 0.6 is 11.6 Å². The number of rotatable bonds is 5. The minimum absolute atomic E-state index is 0.0477. The van der Waals surface area contributed by atoms with Gasteiger partial charge in [0.15, 0.2) is 6.23 Å². The van der Waals surface area contributed by atoms with Gasteiger partial charge in [-0.25, -0.2) is 0 Å². The number of ether oxygens (including phenoxy) is 1. The molecule has 24 heavy (non-hydrogen) atoms. The van der Waals surface area contributed by atoms with Crippen molar-refractivity contribution < 1.29 is 14.3 Å². The molecule has 124 valence electrons. The maximum absolute atomic E-state index is 12.2. The summed E-state index contributed by atoms with van der Waals surface area (Å²) in [5.74, 6) is 0.303. The molecule has 1 saturated heterocycles. The van der Waals surface area contributed by atoms with Crippen LogP contribution in [0.3, 0.4) is 0 Å². The zero-order valence-electron chi connectivity index (χ0n) is 13.0. The number of hydrogen-bond donors (Lipinski definition) is 2. The largest absolute Gasteiger partial charge is 0.470 e. The molecule has 1 atom stereocenters. The summed E-state index contributed by atoms with van der Waals surface area (Å²) in [6, 6.07) is 6.93. The first-order chi connectivity index (χ1) is 11.5. The van der Waals surface area contributed by atoms with Crippen LogP contribution in [0.1, 0.15) is 17.5 Å². The maximum atomic E-state index is 12.2. The first-order valence-electron chi connectivity index (χ1n) is 7.45. The van der Waals surface area contributed by atoms with Crippen molar-refractivity contribution in [3.63, 3.8) is 0 Å². The average Bonchev–Trinajstić information content (AvgIpc) is 2.47. The monoisotopic (exact) mass is 345 g/mol. The van der Waals surface area contributed by atoms with Gasteiger partial charge < -0.3 is 15.4 Å². The van der Waals surface area contributed by atoms with Crippen LogP contribution in [0.25, 0.3) is 0 Å². The number of halogens is 1. The number of aromatic nitrogens is 1. The van der Waals surface area contributed by atoms with E-state index in [-0.39, 0.29) is 24.5 Å². The molecule has 1 aromatic heterocycles. The fraction of sp³-hybridized carbons (Fsp3) is 0.235. The summed E-state index contributed by atoms with van der Waals surface area (Å²) in [5.41, 5.74) is 2.34. The highest BCUT2D eigenvalue weighted by molar-refractivity contribution is 6.30. The molecule has 1 aromatic carbocycles. The smallest absolute Gasteiger partial charge is 0.228 e. The molecule has 2 heterocycles. The van der Waals surface area contributed by atoms with E-state index in [4.69, 9.17) is 16.3 Å². The van der Waals surface area contributed by atoms with Crippen molar-refractivity contribution in [2.75, 3.05) is 5.32 Å². The molecule has 0 aliphatic carbocycles. The number of benzene rings is 1. The number of amides is 2. The van der Waals surface area contributed by atoms with E-state index in [1.54, 1.807) is 30.6 Å². The molecule has 7 heteroatoms. The molecule has 1 aliphatic heterocycles. The van der Waals surface area contributed by atoms with Gasteiger partial charge in [-0.3, -0.25) is 14.6 Å². The van der Waals surface area contributed by atoms with E-state index < -0.39 is 0 Å². The first-order valence-corrected chi connectivity index (χ1v) is 7.83. The van der Waals surface area contributed by atoms with E-state index in [0.717, 1.165) is 11.1 Å². The van der Waals surface area contributed by atoms with Crippen LogP contribution in [0.2, 0.25) is 5.02 Å². The molecule has 3 rings (SSSR count). The van der Waals surface area contributed by atoms with Gasteiger partial charge in [0.1, 0.15) is 5.75 Å². The summed E-state index contributed by atoms with van der Waals surface area (Å²) in [6.07, 6.45) is 3.42. The van der Waals surface area contributed by atoms with Crippen molar-refractivity contribution in [1.29, 1.82) is 0 Å². The summed E-state index contributed by atoms with van der Waals surface area (Å²) in [4.78, 5) is 27.1. The summed E-state index contributed by atoms with van der Waals surface area (Å²) in [6.45, 7) is 1.90. The van der Waals surface area contributed by atoms with Crippen LogP contribution in [0.15, 0.2) is 36.7 Å². The van der Waals surface area contributed by atoms with Gasteiger partial charge in [-0.1, -0.05) is 11.6 Å². The quantitative estimate of drug-likeness (QED) is 0.816. The maximum Gasteiger partial charge on any atom is 0.228 e. The van der Waals surface area contributed by atoms with Gasteiger partial charge in [-0.2, -0.15) is 0 Å². The highest BCUT2D eigenvalue weighted by atomic mass is 35.5. The number of hydrogen-bond acceptors (Lipinski definition) is 4. The van der Waals surface area contributed by atoms with E-state index in [1.165, 1.54) is 0 Å². The molecule has 1 aliphatic rings. The Balaban J connectivity index is 1.65. The minimum atomic E-state index is -0.337. The van der Waals surface area contributed by atoms with Crippen molar-refractivity contribution in [1.82, 2.24) is 10.3 Å². The van der Waals surface area contributed by atoms with Crippen LogP contribution in [-0.4, -0.2) is 23.0 Å². The standard InChI is InChI=1S/C17H16ClN3O3/c1-10-2-3-19-9-14(10)20-15(22)6-11-4-12(18)7-13(5-11)24-17-8-16(23)21-17/h2-5,7,9,17H,6,8H2,1H3,(H,20,22)(H,21,23). The SMILES string of the molecule is Cc1ccncc1NC(=O)Cc1cc(Cl)cc(OC2CC(=O)N2)c1. The Hall–Kier alpha value is -2.60. The van der Waals surface area contributed by atoms with Crippen LogP contribution in [0.4, 0.5) is 5.69 Å². The van der Waals surface area contributed by atoms with Crippen LogP contribution in [0, 0.1) is 6.92 Å².